The molecule has 1 N–H and O–H groups in total. The largest absolute Gasteiger partial charge is 0.512 e. The van der Waals surface area contributed by atoms with Crippen LogP contribution in [-0.4, -0.2) is 10.9 Å². The molecule has 0 bridgehead atoms. The third kappa shape index (κ3) is 21.5. The Kier molecular flexibility index (Phi) is 21.9. The molecule has 0 atom stereocenters. The second-order valence-electron chi connectivity index (χ2n) is 8.61. The van der Waals surface area contributed by atoms with Gasteiger partial charge in [-0.1, -0.05) is 123 Å². The van der Waals surface area contributed by atoms with Crippen LogP contribution in [0.1, 0.15) is 149 Å². The zero-order valence-corrected chi connectivity index (χ0v) is 19.3. The maximum atomic E-state index is 11.8. The molecule has 0 aromatic carbocycles. The van der Waals surface area contributed by atoms with E-state index in [9.17, 15) is 9.90 Å². The number of hydrogen-bond acceptors (Lipinski definition) is 2. The van der Waals surface area contributed by atoms with Crippen LogP contribution >= 0.6 is 0 Å². The molecule has 28 heavy (non-hydrogen) atoms. The molecule has 0 rings (SSSR count). The first-order valence-corrected chi connectivity index (χ1v) is 12.6. The molecule has 0 aromatic heterocycles. The van der Waals surface area contributed by atoms with Gasteiger partial charge >= 0.3 is 0 Å². The lowest BCUT2D eigenvalue weighted by Crippen LogP contribution is -1.96. The first kappa shape index (κ1) is 27.2. The van der Waals surface area contributed by atoms with Crippen molar-refractivity contribution >= 4 is 5.78 Å². The molecule has 0 aliphatic carbocycles. The van der Waals surface area contributed by atoms with Crippen molar-refractivity contribution in [3.8, 4) is 0 Å². The van der Waals surface area contributed by atoms with Gasteiger partial charge < -0.3 is 5.11 Å². The fourth-order valence-electron chi connectivity index (χ4n) is 3.73. The zero-order chi connectivity index (χ0) is 20.7. The lowest BCUT2D eigenvalue weighted by atomic mass is 10.0. The highest BCUT2D eigenvalue weighted by atomic mass is 16.3. The third-order valence-corrected chi connectivity index (χ3v) is 5.64. The fraction of sp³-hybridized carbons (Fsp3) is 0.885. The molecule has 0 spiro atoms. The summed E-state index contributed by atoms with van der Waals surface area (Å²) in [6.07, 6.45) is 27.4. The summed E-state index contributed by atoms with van der Waals surface area (Å²) in [6.45, 7) is 4.45. The average Bonchev–Trinajstić information content (AvgIpc) is 2.68. The second kappa shape index (κ2) is 22.5. The maximum absolute atomic E-state index is 11.8. The van der Waals surface area contributed by atoms with Crippen molar-refractivity contribution in [3.05, 3.63) is 11.8 Å². The van der Waals surface area contributed by atoms with Gasteiger partial charge in [0, 0.05) is 18.9 Å². The highest BCUT2D eigenvalue weighted by Gasteiger charge is 2.02. The summed E-state index contributed by atoms with van der Waals surface area (Å²) in [4.78, 5) is 11.8. The number of aliphatic hydroxyl groups is 1. The zero-order valence-electron chi connectivity index (χ0n) is 19.3. The second-order valence-corrected chi connectivity index (χ2v) is 8.61. The number of rotatable bonds is 22. The van der Waals surface area contributed by atoms with Gasteiger partial charge in [0.2, 0.25) is 0 Å². The molecule has 0 aliphatic rings. The van der Waals surface area contributed by atoms with Crippen LogP contribution in [0.15, 0.2) is 11.8 Å². The van der Waals surface area contributed by atoms with E-state index in [4.69, 9.17) is 0 Å². The van der Waals surface area contributed by atoms with Gasteiger partial charge in [0.15, 0.2) is 5.78 Å². The Morgan fingerprint density at radius 1 is 0.536 bits per heavy atom. The summed E-state index contributed by atoms with van der Waals surface area (Å²) in [5, 5.41) is 9.78. The Morgan fingerprint density at radius 3 is 1.29 bits per heavy atom. The van der Waals surface area contributed by atoms with E-state index in [1.54, 1.807) is 0 Å². The van der Waals surface area contributed by atoms with E-state index in [1.165, 1.54) is 102 Å². The van der Waals surface area contributed by atoms with Crippen molar-refractivity contribution in [3.63, 3.8) is 0 Å². The van der Waals surface area contributed by atoms with Crippen molar-refractivity contribution in [2.24, 2.45) is 0 Å². The van der Waals surface area contributed by atoms with Gasteiger partial charge in [-0.25, -0.2) is 0 Å². The Morgan fingerprint density at radius 2 is 0.857 bits per heavy atom. The van der Waals surface area contributed by atoms with Crippen LogP contribution in [0.4, 0.5) is 0 Å². The number of allylic oxidation sites excluding steroid dienone is 2. The van der Waals surface area contributed by atoms with Crippen LogP contribution in [0.5, 0.6) is 0 Å². The monoisotopic (exact) mass is 394 g/mol. The molecule has 2 nitrogen and oxygen atoms in total. The predicted molar refractivity (Wildman–Crippen MR) is 124 cm³/mol. The van der Waals surface area contributed by atoms with Crippen LogP contribution in [-0.2, 0) is 4.79 Å². The highest BCUT2D eigenvalue weighted by molar-refractivity contribution is 5.89. The van der Waals surface area contributed by atoms with Crippen molar-refractivity contribution in [1.82, 2.24) is 0 Å². The first-order valence-electron chi connectivity index (χ1n) is 12.6. The molecule has 0 saturated carbocycles. The molecule has 0 amide bonds. The van der Waals surface area contributed by atoms with Crippen LogP contribution in [0.25, 0.3) is 0 Å². The van der Waals surface area contributed by atoms with E-state index >= 15 is 0 Å². The lowest BCUT2D eigenvalue weighted by molar-refractivity contribution is -0.114. The Labute approximate surface area is 176 Å². The summed E-state index contributed by atoms with van der Waals surface area (Å²) in [5.74, 6) is 0.379. The number of carbonyl (C=O) groups is 1. The summed E-state index contributed by atoms with van der Waals surface area (Å²) in [7, 11) is 0. The minimum absolute atomic E-state index is 0.0997. The molecular formula is C26H50O2. The normalized spacial score (nSPS) is 11.9. The van der Waals surface area contributed by atoms with E-state index in [2.05, 4.69) is 13.8 Å². The van der Waals surface area contributed by atoms with Gasteiger partial charge in [0.25, 0.3) is 0 Å². The third-order valence-electron chi connectivity index (χ3n) is 5.64. The highest BCUT2D eigenvalue weighted by Crippen LogP contribution is 2.14. The average molecular weight is 395 g/mol. The SMILES string of the molecule is CCCCCCCCCCCCCCCCCC(=O)/C=C(\O)CCCCCC. The lowest BCUT2D eigenvalue weighted by Gasteiger charge is -2.03. The van der Waals surface area contributed by atoms with Crippen LogP contribution in [0.2, 0.25) is 0 Å². The molecule has 0 saturated heterocycles. The minimum atomic E-state index is 0.0997. The van der Waals surface area contributed by atoms with Gasteiger partial charge in [-0.2, -0.15) is 0 Å². The molecule has 0 aliphatic heterocycles. The van der Waals surface area contributed by atoms with E-state index in [-0.39, 0.29) is 11.5 Å². The predicted octanol–water partition coefficient (Wildman–Crippen LogP) is 9.23. The van der Waals surface area contributed by atoms with Crippen molar-refractivity contribution in [2.75, 3.05) is 0 Å². The number of unbranched alkanes of at least 4 members (excludes halogenated alkanes) is 17. The smallest absolute Gasteiger partial charge is 0.159 e. The standard InChI is InChI=1S/C26H50O2/c1-3-5-7-9-10-11-12-13-14-15-16-17-18-19-21-23-26(28)24-25(27)22-20-8-6-4-2/h24,27H,3-23H2,1-2H3/b25-24-. The minimum Gasteiger partial charge on any atom is -0.512 e. The summed E-state index contributed by atoms with van der Waals surface area (Å²) >= 11 is 0. The van der Waals surface area contributed by atoms with Gasteiger partial charge in [-0.05, 0) is 12.8 Å². The van der Waals surface area contributed by atoms with E-state index in [0.717, 1.165) is 25.7 Å². The fourth-order valence-corrected chi connectivity index (χ4v) is 3.73. The molecule has 0 heterocycles. The first-order chi connectivity index (χ1) is 13.7. The molecule has 0 fully saturated rings. The van der Waals surface area contributed by atoms with Crippen molar-refractivity contribution in [2.45, 2.75) is 149 Å². The molecular weight excluding hydrogens is 344 g/mol. The molecule has 0 aromatic rings. The van der Waals surface area contributed by atoms with Crippen LogP contribution in [0.3, 0.4) is 0 Å². The summed E-state index contributed by atoms with van der Waals surface area (Å²) in [5.41, 5.74) is 0. The topological polar surface area (TPSA) is 37.3 Å². The molecule has 2 heteroatoms. The van der Waals surface area contributed by atoms with Gasteiger partial charge in [0.1, 0.15) is 0 Å². The van der Waals surface area contributed by atoms with Crippen LogP contribution < -0.4 is 0 Å². The van der Waals surface area contributed by atoms with E-state index in [1.807, 2.05) is 0 Å². The summed E-state index contributed by atoms with van der Waals surface area (Å²) in [6, 6.07) is 0. The van der Waals surface area contributed by atoms with E-state index in [0.29, 0.717) is 12.8 Å². The van der Waals surface area contributed by atoms with Gasteiger partial charge in [0.05, 0.1) is 5.76 Å². The molecule has 0 radical (unpaired) electrons. The molecule has 166 valence electrons. The van der Waals surface area contributed by atoms with Gasteiger partial charge in [-0.3, -0.25) is 4.79 Å². The Bertz CT molecular complexity index is 359. The summed E-state index contributed by atoms with van der Waals surface area (Å²) < 4.78 is 0. The Hall–Kier alpha value is -0.790. The Balaban J connectivity index is 3.30. The number of aliphatic hydroxyl groups excluding tert-OH is 1. The molecule has 0 unspecified atom stereocenters. The van der Waals surface area contributed by atoms with Crippen molar-refractivity contribution in [1.29, 1.82) is 0 Å². The van der Waals surface area contributed by atoms with Gasteiger partial charge in [-0.15, -0.1) is 0 Å². The van der Waals surface area contributed by atoms with Crippen LogP contribution in [0, 0.1) is 0 Å². The number of ketones is 1. The van der Waals surface area contributed by atoms with E-state index < -0.39 is 0 Å². The quantitative estimate of drug-likeness (QED) is 0.113. The number of hydrogen-bond donors (Lipinski definition) is 1. The maximum Gasteiger partial charge on any atom is 0.159 e. The van der Waals surface area contributed by atoms with Crippen molar-refractivity contribution < 1.29 is 9.90 Å². The number of carbonyl (C=O) groups excluding carboxylic acids is 1.